The van der Waals surface area contributed by atoms with E-state index in [9.17, 15) is 4.39 Å². The zero-order valence-corrected chi connectivity index (χ0v) is 12.1. The molecule has 1 aromatic heterocycles. The second-order valence-electron chi connectivity index (χ2n) is 4.69. The minimum Gasteiger partial charge on any atom is -0.318 e. The minimum atomic E-state index is -0.293. The number of nitrogens with zero attached hydrogens (tertiary/aromatic N) is 2. The Labute approximate surface area is 126 Å². The Balaban J connectivity index is 1.79. The number of benzene rings is 2. The van der Waals surface area contributed by atoms with Crippen LogP contribution < -0.4 is 5.73 Å². The van der Waals surface area contributed by atoms with Crippen molar-refractivity contribution in [1.29, 1.82) is 0 Å². The summed E-state index contributed by atoms with van der Waals surface area (Å²) in [5.41, 5.74) is 7.80. The quantitative estimate of drug-likeness (QED) is 0.804. The molecule has 0 aliphatic rings. The lowest BCUT2D eigenvalue weighted by Crippen LogP contribution is -2.11. The molecule has 2 N–H and O–H groups in total. The van der Waals surface area contributed by atoms with Gasteiger partial charge >= 0.3 is 0 Å². The highest BCUT2D eigenvalue weighted by Crippen LogP contribution is 2.24. The Hall–Kier alpha value is -2.11. The smallest absolute Gasteiger partial charge is 0.138 e. The van der Waals surface area contributed by atoms with Gasteiger partial charge in [-0.2, -0.15) is 0 Å². The van der Waals surface area contributed by atoms with Crippen LogP contribution in [0.2, 0.25) is 0 Å². The molecular formula is C16H14FN3S. The molecular weight excluding hydrogens is 285 g/mol. The number of hydrogen-bond donors (Lipinski definition) is 1. The molecule has 1 unspecified atom stereocenters. The molecule has 0 radical (unpaired) electrons. The van der Waals surface area contributed by atoms with E-state index in [0.29, 0.717) is 12.0 Å². The zero-order chi connectivity index (χ0) is 14.7. The Kier molecular flexibility index (Phi) is 4.03. The first-order chi connectivity index (χ1) is 10.2. The molecule has 0 aliphatic carbocycles. The van der Waals surface area contributed by atoms with Crippen molar-refractivity contribution < 1.29 is 4.39 Å². The monoisotopic (exact) mass is 299 g/mol. The number of hydrogen-bond acceptors (Lipinski definition) is 4. The Morgan fingerprint density at radius 1 is 1.00 bits per heavy atom. The maximum atomic E-state index is 13.6. The van der Waals surface area contributed by atoms with Crippen molar-refractivity contribution in [2.24, 2.45) is 5.73 Å². The topological polar surface area (TPSA) is 51.8 Å². The van der Waals surface area contributed by atoms with Gasteiger partial charge in [0.1, 0.15) is 15.8 Å². The standard InChI is InChI=1S/C16H14FN3S/c17-13-9-5-4-8-12(13)10-14-19-20-16(21-14)15(18)11-6-2-1-3-7-11/h1-9,15H,10,18H2. The van der Waals surface area contributed by atoms with Gasteiger partial charge in [-0.25, -0.2) is 4.39 Å². The summed E-state index contributed by atoms with van der Waals surface area (Å²) in [6.45, 7) is 0. The first kappa shape index (κ1) is 13.9. The molecule has 3 nitrogen and oxygen atoms in total. The first-order valence-electron chi connectivity index (χ1n) is 6.60. The fourth-order valence-electron chi connectivity index (χ4n) is 2.07. The van der Waals surface area contributed by atoms with Gasteiger partial charge < -0.3 is 5.73 Å². The van der Waals surface area contributed by atoms with E-state index in [1.54, 1.807) is 12.1 Å². The summed E-state index contributed by atoms with van der Waals surface area (Å²) in [6.07, 6.45) is 0.436. The van der Waals surface area contributed by atoms with Gasteiger partial charge in [0.2, 0.25) is 0 Å². The molecule has 2 aromatic carbocycles. The summed E-state index contributed by atoms with van der Waals surface area (Å²) in [7, 11) is 0. The van der Waals surface area contributed by atoms with Gasteiger partial charge in [0, 0.05) is 6.42 Å². The molecule has 0 saturated carbocycles. The fraction of sp³-hybridized carbons (Fsp3) is 0.125. The minimum absolute atomic E-state index is 0.221. The van der Waals surface area contributed by atoms with E-state index < -0.39 is 0 Å². The molecule has 0 bridgehead atoms. The molecule has 0 saturated heterocycles. The third kappa shape index (κ3) is 3.15. The van der Waals surface area contributed by atoms with Crippen LogP contribution in [-0.2, 0) is 6.42 Å². The van der Waals surface area contributed by atoms with E-state index in [1.807, 2.05) is 36.4 Å². The van der Waals surface area contributed by atoms with Crippen molar-refractivity contribution in [2.45, 2.75) is 12.5 Å². The van der Waals surface area contributed by atoms with Gasteiger partial charge in [0.05, 0.1) is 6.04 Å². The normalized spacial score (nSPS) is 12.3. The summed E-state index contributed by atoms with van der Waals surface area (Å²) in [5, 5.41) is 9.77. The van der Waals surface area contributed by atoms with Crippen LogP contribution in [0.25, 0.3) is 0 Å². The largest absolute Gasteiger partial charge is 0.318 e. The number of halogens is 1. The predicted octanol–water partition coefficient (Wildman–Crippen LogP) is 3.32. The van der Waals surface area contributed by atoms with Crippen LogP contribution in [0, 0.1) is 5.82 Å². The summed E-state index contributed by atoms with van der Waals surface area (Å²) >= 11 is 1.43. The van der Waals surface area contributed by atoms with Crippen molar-refractivity contribution in [2.75, 3.05) is 0 Å². The van der Waals surface area contributed by atoms with Crippen LogP contribution in [0.3, 0.4) is 0 Å². The van der Waals surface area contributed by atoms with Gasteiger partial charge in [-0.15, -0.1) is 10.2 Å². The molecule has 0 fully saturated rings. The van der Waals surface area contributed by atoms with E-state index in [1.165, 1.54) is 17.4 Å². The average Bonchev–Trinajstić information content (AvgIpc) is 2.98. The molecule has 0 amide bonds. The van der Waals surface area contributed by atoms with Gasteiger partial charge in [0.25, 0.3) is 0 Å². The summed E-state index contributed by atoms with van der Waals surface area (Å²) in [4.78, 5) is 0. The zero-order valence-electron chi connectivity index (χ0n) is 11.2. The average molecular weight is 299 g/mol. The number of nitrogens with two attached hydrogens (primary N) is 1. The van der Waals surface area contributed by atoms with Crippen LogP contribution >= 0.6 is 11.3 Å². The maximum absolute atomic E-state index is 13.6. The van der Waals surface area contributed by atoms with Crippen LogP contribution in [0.4, 0.5) is 4.39 Å². The summed E-state index contributed by atoms with van der Waals surface area (Å²) in [6, 6.07) is 16.2. The van der Waals surface area contributed by atoms with E-state index in [0.717, 1.165) is 15.6 Å². The maximum Gasteiger partial charge on any atom is 0.138 e. The second-order valence-corrected chi connectivity index (χ2v) is 5.78. The third-order valence-corrected chi connectivity index (χ3v) is 4.21. The third-order valence-electron chi connectivity index (χ3n) is 3.21. The predicted molar refractivity (Wildman–Crippen MR) is 81.6 cm³/mol. The second kappa shape index (κ2) is 6.11. The van der Waals surface area contributed by atoms with Gasteiger partial charge in [-0.05, 0) is 17.2 Å². The van der Waals surface area contributed by atoms with Gasteiger partial charge in [-0.3, -0.25) is 0 Å². The van der Waals surface area contributed by atoms with Crippen molar-refractivity contribution in [3.8, 4) is 0 Å². The SMILES string of the molecule is NC(c1ccccc1)c1nnc(Cc2ccccc2F)s1. The lowest BCUT2D eigenvalue weighted by molar-refractivity contribution is 0.613. The molecule has 106 valence electrons. The molecule has 1 atom stereocenters. The highest BCUT2D eigenvalue weighted by atomic mass is 32.1. The molecule has 5 heteroatoms. The molecule has 21 heavy (non-hydrogen) atoms. The Morgan fingerprint density at radius 3 is 2.48 bits per heavy atom. The Bertz CT molecular complexity index is 727. The highest BCUT2D eigenvalue weighted by molar-refractivity contribution is 7.11. The van der Waals surface area contributed by atoms with Crippen molar-refractivity contribution in [1.82, 2.24) is 10.2 Å². The van der Waals surface area contributed by atoms with Crippen molar-refractivity contribution in [3.63, 3.8) is 0 Å². The Morgan fingerprint density at radius 2 is 1.71 bits per heavy atom. The molecule has 3 aromatic rings. The summed E-state index contributed by atoms with van der Waals surface area (Å²) in [5.74, 6) is -0.221. The van der Waals surface area contributed by atoms with Crippen LogP contribution in [0.15, 0.2) is 54.6 Å². The van der Waals surface area contributed by atoms with Crippen molar-refractivity contribution >= 4 is 11.3 Å². The molecule has 3 rings (SSSR count). The molecule has 0 aliphatic heterocycles. The highest BCUT2D eigenvalue weighted by Gasteiger charge is 2.15. The van der Waals surface area contributed by atoms with E-state index in [-0.39, 0.29) is 11.9 Å². The van der Waals surface area contributed by atoms with E-state index in [4.69, 9.17) is 5.73 Å². The van der Waals surface area contributed by atoms with Gasteiger partial charge in [-0.1, -0.05) is 59.9 Å². The fourth-order valence-corrected chi connectivity index (χ4v) is 2.97. The van der Waals surface area contributed by atoms with E-state index >= 15 is 0 Å². The van der Waals surface area contributed by atoms with Gasteiger partial charge in [0.15, 0.2) is 0 Å². The van der Waals surface area contributed by atoms with Crippen molar-refractivity contribution in [3.05, 3.63) is 81.6 Å². The molecule has 1 heterocycles. The van der Waals surface area contributed by atoms with E-state index in [2.05, 4.69) is 10.2 Å². The first-order valence-corrected chi connectivity index (χ1v) is 7.42. The number of rotatable bonds is 4. The number of aromatic nitrogens is 2. The lowest BCUT2D eigenvalue weighted by Gasteiger charge is -2.06. The van der Waals surface area contributed by atoms with Crippen LogP contribution in [0.1, 0.15) is 27.2 Å². The lowest BCUT2D eigenvalue weighted by atomic mass is 10.1. The van der Waals surface area contributed by atoms with Crippen LogP contribution in [-0.4, -0.2) is 10.2 Å². The summed E-state index contributed by atoms with van der Waals surface area (Å²) < 4.78 is 13.6. The molecule has 0 spiro atoms. The van der Waals surface area contributed by atoms with Crippen LogP contribution in [0.5, 0.6) is 0 Å².